The van der Waals surface area contributed by atoms with Crippen molar-refractivity contribution >= 4 is 22.9 Å². The maximum atomic E-state index is 13.0. The van der Waals surface area contributed by atoms with Crippen molar-refractivity contribution in [3.63, 3.8) is 0 Å². The molecule has 2 aromatic carbocycles. The Morgan fingerprint density at radius 3 is 2.48 bits per heavy atom. The second-order valence-electron chi connectivity index (χ2n) is 5.79. The molecule has 1 aromatic heterocycles. The number of methoxy groups -OCH3 is 1. The molecule has 0 spiro atoms. The molecule has 5 heteroatoms. The fourth-order valence-electron chi connectivity index (χ4n) is 3.19. The predicted molar refractivity (Wildman–Crippen MR) is 95.1 cm³/mol. The molecule has 1 heterocycles. The van der Waals surface area contributed by atoms with Gasteiger partial charge in [0.25, 0.3) is 0 Å². The standard InChI is InChI=1S/C20H14O4S/c1-24-15-6-2-5-13-16(15)20(23)17-14(19(13)22)8-7-11(18(17)21)10-12-4-3-9-25-12/h2-9,21H,10H2,1H3. The molecule has 0 saturated heterocycles. The smallest absolute Gasteiger partial charge is 0.201 e. The van der Waals surface area contributed by atoms with Crippen LogP contribution in [-0.2, 0) is 6.42 Å². The summed E-state index contributed by atoms with van der Waals surface area (Å²) in [6.07, 6.45) is 0.511. The van der Waals surface area contributed by atoms with E-state index in [1.165, 1.54) is 7.11 Å². The number of hydrogen-bond donors (Lipinski definition) is 1. The van der Waals surface area contributed by atoms with Gasteiger partial charge in [0.15, 0.2) is 5.78 Å². The topological polar surface area (TPSA) is 63.6 Å². The summed E-state index contributed by atoms with van der Waals surface area (Å²) in [5.74, 6) is -0.445. The summed E-state index contributed by atoms with van der Waals surface area (Å²) < 4.78 is 5.25. The van der Waals surface area contributed by atoms with Gasteiger partial charge in [-0.2, -0.15) is 0 Å². The van der Waals surface area contributed by atoms with E-state index in [0.717, 1.165) is 4.88 Å². The molecular weight excluding hydrogens is 336 g/mol. The van der Waals surface area contributed by atoms with E-state index in [2.05, 4.69) is 0 Å². The number of phenols is 1. The Balaban J connectivity index is 1.89. The molecule has 0 amide bonds. The molecular formula is C20H14O4S. The summed E-state index contributed by atoms with van der Waals surface area (Å²) in [7, 11) is 1.45. The van der Waals surface area contributed by atoms with Crippen molar-refractivity contribution in [2.75, 3.05) is 7.11 Å². The monoisotopic (exact) mass is 350 g/mol. The Morgan fingerprint density at radius 2 is 1.76 bits per heavy atom. The van der Waals surface area contributed by atoms with Crippen LogP contribution in [0.25, 0.3) is 0 Å². The van der Waals surface area contributed by atoms with Crippen LogP contribution in [0.3, 0.4) is 0 Å². The summed E-state index contributed by atoms with van der Waals surface area (Å²) in [5, 5.41) is 12.7. The van der Waals surface area contributed by atoms with Gasteiger partial charge < -0.3 is 9.84 Å². The maximum absolute atomic E-state index is 13.0. The van der Waals surface area contributed by atoms with Gasteiger partial charge in [-0.15, -0.1) is 11.3 Å². The minimum Gasteiger partial charge on any atom is -0.507 e. The van der Waals surface area contributed by atoms with Gasteiger partial charge in [0.1, 0.15) is 11.5 Å². The Hall–Kier alpha value is -2.92. The molecule has 124 valence electrons. The minimum atomic E-state index is -0.382. The first-order valence-corrected chi connectivity index (χ1v) is 8.63. The highest BCUT2D eigenvalue weighted by Gasteiger charge is 2.35. The highest BCUT2D eigenvalue weighted by atomic mass is 32.1. The molecule has 0 radical (unpaired) electrons. The number of phenolic OH excluding ortho intramolecular Hbond substituents is 1. The highest BCUT2D eigenvalue weighted by Crippen LogP contribution is 2.38. The number of carbonyl (C=O) groups is 2. The van der Waals surface area contributed by atoms with Crippen molar-refractivity contribution in [2.45, 2.75) is 6.42 Å². The second kappa shape index (κ2) is 5.86. The highest BCUT2D eigenvalue weighted by molar-refractivity contribution is 7.09. The number of rotatable bonds is 3. The van der Waals surface area contributed by atoms with Gasteiger partial charge in [-0.25, -0.2) is 0 Å². The Morgan fingerprint density at radius 1 is 0.960 bits per heavy atom. The van der Waals surface area contributed by atoms with E-state index < -0.39 is 0 Å². The molecule has 0 atom stereocenters. The molecule has 0 saturated carbocycles. The predicted octanol–water partition coefficient (Wildman–Crippen LogP) is 3.83. The molecule has 1 aliphatic carbocycles. The van der Waals surface area contributed by atoms with Gasteiger partial charge in [-0.3, -0.25) is 9.59 Å². The lowest BCUT2D eigenvalue weighted by molar-refractivity contribution is 0.0974. The van der Waals surface area contributed by atoms with Crippen molar-refractivity contribution in [1.82, 2.24) is 0 Å². The van der Waals surface area contributed by atoms with Crippen LogP contribution < -0.4 is 4.74 Å². The van der Waals surface area contributed by atoms with Crippen LogP contribution in [0, 0.1) is 0 Å². The molecule has 0 fully saturated rings. The van der Waals surface area contributed by atoms with Crippen molar-refractivity contribution in [3.05, 3.63) is 80.5 Å². The third-order valence-electron chi connectivity index (χ3n) is 4.40. The average molecular weight is 350 g/mol. The molecule has 3 aromatic rings. The van der Waals surface area contributed by atoms with E-state index in [1.54, 1.807) is 41.7 Å². The number of benzene rings is 2. The first-order valence-electron chi connectivity index (χ1n) is 7.75. The van der Waals surface area contributed by atoms with Crippen molar-refractivity contribution in [1.29, 1.82) is 0 Å². The van der Waals surface area contributed by atoms with Crippen molar-refractivity contribution in [3.8, 4) is 11.5 Å². The molecule has 1 aliphatic rings. The summed E-state index contributed by atoms with van der Waals surface area (Å²) in [6, 6.07) is 12.2. The van der Waals surface area contributed by atoms with Crippen LogP contribution in [0.4, 0.5) is 0 Å². The van der Waals surface area contributed by atoms with Crippen molar-refractivity contribution < 1.29 is 19.4 Å². The third kappa shape index (κ3) is 2.36. The SMILES string of the molecule is COc1cccc2c1C(=O)c1c(ccc(Cc3cccs3)c1O)C2=O. The Kier molecular flexibility index (Phi) is 3.66. The fraction of sp³-hybridized carbons (Fsp3) is 0.100. The zero-order valence-corrected chi connectivity index (χ0v) is 14.2. The number of thiophene rings is 1. The molecule has 25 heavy (non-hydrogen) atoms. The molecule has 0 bridgehead atoms. The first-order chi connectivity index (χ1) is 12.1. The van der Waals surface area contributed by atoms with Crippen LogP contribution in [-0.4, -0.2) is 23.8 Å². The average Bonchev–Trinajstić information content (AvgIpc) is 3.13. The summed E-state index contributed by atoms with van der Waals surface area (Å²) >= 11 is 1.58. The number of aromatic hydroxyl groups is 1. The zero-order valence-electron chi connectivity index (χ0n) is 13.4. The lowest BCUT2D eigenvalue weighted by Gasteiger charge is -2.21. The Labute approximate surface area is 148 Å². The molecule has 4 nitrogen and oxygen atoms in total. The van der Waals surface area contributed by atoms with Crippen molar-refractivity contribution in [2.24, 2.45) is 0 Å². The molecule has 4 rings (SSSR count). The van der Waals surface area contributed by atoms with Gasteiger partial charge in [-0.1, -0.05) is 24.3 Å². The van der Waals surface area contributed by atoms with Crippen LogP contribution in [0.1, 0.15) is 42.3 Å². The Bertz CT molecular complexity index is 1000. The van der Waals surface area contributed by atoms with Gasteiger partial charge in [-0.05, 0) is 29.1 Å². The quantitative estimate of drug-likeness (QED) is 0.610. The molecule has 0 aliphatic heterocycles. The lowest BCUT2D eigenvalue weighted by Crippen LogP contribution is -2.22. The normalized spacial score (nSPS) is 12.7. The number of fused-ring (bicyclic) bond motifs is 2. The summed E-state index contributed by atoms with van der Waals surface area (Å²) in [6.45, 7) is 0. The number of ether oxygens (including phenoxy) is 1. The summed E-state index contributed by atoms with van der Waals surface area (Å²) in [4.78, 5) is 26.9. The first kappa shape index (κ1) is 15.6. The van der Waals surface area contributed by atoms with Gasteiger partial charge in [0, 0.05) is 22.4 Å². The van der Waals surface area contributed by atoms with Gasteiger partial charge in [0.05, 0.1) is 18.2 Å². The minimum absolute atomic E-state index is 0.0658. The molecule has 0 unspecified atom stereocenters. The van der Waals surface area contributed by atoms with Crippen LogP contribution >= 0.6 is 11.3 Å². The van der Waals surface area contributed by atoms with E-state index in [1.807, 2.05) is 17.5 Å². The number of carbonyl (C=O) groups excluding carboxylic acids is 2. The molecule has 1 N–H and O–H groups in total. The zero-order chi connectivity index (χ0) is 17.6. The number of ketones is 2. The number of hydrogen-bond acceptors (Lipinski definition) is 5. The maximum Gasteiger partial charge on any atom is 0.201 e. The lowest BCUT2D eigenvalue weighted by atomic mass is 9.82. The van der Waals surface area contributed by atoms with E-state index in [0.29, 0.717) is 23.3 Å². The van der Waals surface area contributed by atoms with E-state index in [4.69, 9.17) is 4.74 Å². The van der Waals surface area contributed by atoms with Crippen LogP contribution in [0.5, 0.6) is 11.5 Å². The largest absolute Gasteiger partial charge is 0.507 e. The fourth-order valence-corrected chi connectivity index (χ4v) is 3.92. The third-order valence-corrected chi connectivity index (χ3v) is 5.27. The van der Waals surface area contributed by atoms with Gasteiger partial charge >= 0.3 is 0 Å². The summed E-state index contributed by atoms with van der Waals surface area (Å²) in [5.41, 5.74) is 1.45. The van der Waals surface area contributed by atoms with E-state index in [-0.39, 0.29) is 34.0 Å². The van der Waals surface area contributed by atoms with Crippen LogP contribution in [0.15, 0.2) is 47.8 Å². The second-order valence-corrected chi connectivity index (χ2v) is 6.83. The van der Waals surface area contributed by atoms with Crippen LogP contribution in [0.2, 0.25) is 0 Å². The van der Waals surface area contributed by atoms with Gasteiger partial charge in [0.2, 0.25) is 5.78 Å². The van der Waals surface area contributed by atoms with E-state index >= 15 is 0 Å². The van der Waals surface area contributed by atoms with E-state index in [9.17, 15) is 14.7 Å².